The SMILES string of the molecule is CCNCCCCNCC#CCNCCCCNCC.CCNCCCNCC#CCNCCCNCC.CNCCCNCC#CCNCCCNC. The van der Waals surface area contributed by atoms with Gasteiger partial charge in [-0.3, -0.25) is 0 Å². The van der Waals surface area contributed by atoms with Crippen molar-refractivity contribution >= 4 is 0 Å². The fraction of sp³-hybridized carbons (Fsp3) is 0.857. The van der Waals surface area contributed by atoms with Crippen molar-refractivity contribution in [2.24, 2.45) is 0 Å². The summed E-state index contributed by atoms with van der Waals surface area (Å²) in [4.78, 5) is 0. The Morgan fingerprint density at radius 2 is 0.426 bits per heavy atom. The second-order valence-corrected chi connectivity index (χ2v) is 12.6. The maximum absolute atomic E-state index is 3.35. The van der Waals surface area contributed by atoms with Gasteiger partial charge in [-0.05, 0) is 170 Å². The second-order valence-electron chi connectivity index (χ2n) is 12.6. The molecule has 0 rings (SSSR count). The molecule has 0 heterocycles. The Kier molecular flexibility index (Phi) is 63.3. The number of hydrogen-bond donors (Lipinski definition) is 12. The van der Waals surface area contributed by atoms with Crippen molar-refractivity contribution < 1.29 is 0 Å². The highest BCUT2D eigenvalue weighted by atomic mass is 14.9. The summed E-state index contributed by atoms with van der Waals surface area (Å²) in [6, 6.07) is 0. The van der Waals surface area contributed by atoms with E-state index in [-0.39, 0.29) is 0 Å². The van der Waals surface area contributed by atoms with Gasteiger partial charge in [0.05, 0.1) is 39.3 Å². The van der Waals surface area contributed by atoms with E-state index in [9.17, 15) is 0 Å². The van der Waals surface area contributed by atoms with Crippen molar-refractivity contribution in [2.45, 2.75) is 79.1 Å². The first-order valence-corrected chi connectivity index (χ1v) is 21.5. The average molecular weight is 763 g/mol. The van der Waals surface area contributed by atoms with Gasteiger partial charge in [-0.2, -0.15) is 0 Å². The quantitative estimate of drug-likeness (QED) is 0.0320. The third-order valence-electron chi connectivity index (χ3n) is 7.54. The molecule has 0 aromatic heterocycles. The lowest BCUT2D eigenvalue weighted by atomic mass is 10.3. The first-order valence-electron chi connectivity index (χ1n) is 21.5. The molecule has 0 saturated heterocycles. The molecule has 0 aromatic carbocycles. The van der Waals surface area contributed by atoms with Crippen LogP contribution < -0.4 is 63.8 Å². The average Bonchev–Trinajstić information content (AvgIpc) is 3.19. The van der Waals surface area contributed by atoms with Gasteiger partial charge in [-0.1, -0.05) is 63.2 Å². The summed E-state index contributed by atoms with van der Waals surface area (Å²) in [5.41, 5.74) is 0. The molecule has 0 aromatic rings. The van der Waals surface area contributed by atoms with E-state index in [1.165, 1.54) is 25.7 Å². The molecule has 0 fully saturated rings. The minimum atomic E-state index is 0.794. The fourth-order valence-electron chi connectivity index (χ4n) is 4.44. The van der Waals surface area contributed by atoms with Gasteiger partial charge in [0.1, 0.15) is 0 Å². The maximum Gasteiger partial charge on any atom is 0.0577 e. The molecule has 0 aliphatic rings. The minimum Gasteiger partial charge on any atom is -0.320 e. The summed E-state index contributed by atoms with van der Waals surface area (Å²) < 4.78 is 0. The summed E-state index contributed by atoms with van der Waals surface area (Å²) in [6.07, 6.45) is 9.56. The third kappa shape index (κ3) is 65.1. The van der Waals surface area contributed by atoms with E-state index in [0.717, 1.165) is 170 Å². The van der Waals surface area contributed by atoms with Gasteiger partial charge in [0.2, 0.25) is 0 Å². The molecule has 0 spiro atoms. The number of unbranched alkanes of at least 4 members (excludes halogenated alkanes) is 2. The summed E-state index contributed by atoms with van der Waals surface area (Å²) >= 11 is 0. The normalized spacial score (nSPS) is 10.1. The van der Waals surface area contributed by atoms with Crippen LogP contribution in [0.25, 0.3) is 0 Å². The lowest BCUT2D eigenvalue weighted by Gasteiger charge is -2.02. The first kappa shape index (κ1) is 56.5. The molecule has 0 unspecified atom stereocenters. The summed E-state index contributed by atoms with van der Waals surface area (Å²) in [5, 5.41) is 39.4. The number of hydrogen-bond acceptors (Lipinski definition) is 12. The van der Waals surface area contributed by atoms with E-state index in [0.29, 0.717) is 0 Å². The molecule has 0 amide bonds. The van der Waals surface area contributed by atoms with Crippen LogP contribution >= 0.6 is 0 Å². The first-order chi connectivity index (χ1) is 26.7. The molecule has 12 N–H and O–H groups in total. The van der Waals surface area contributed by atoms with Crippen molar-refractivity contribution in [2.75, 3.05) is 158 Å². The van der Waals surface area contributed by atoms with Gasteiger partial charge < -0.3 is 63.8 Å². The fourth-order valence-corrected chi connectivity index (χ4v) is 4.44. The van der Waals surface area contributed by atoms with Crippen LogP contribution in [-0.2, 0) is 0 Å². The predicted molar refractivity (Wildman–Crippen MR) is 240 cm³/mol. The molecule has 0 aliphatic heterocycles. The topological polar surface area (TPSA) is 144 Å². The van der Waals surface area contributed by atoms with Crippen molar-refractivity contribution in [3.8, 4) is 35.5 Å². The Morgan fingerprint density at radius 1 is 0.241 bits per heavy atom. The van der Waals surface area contributed by atoms with Crippen molar-refractivity contribution in [3.05, 3.63) is 0 Å². The van der Waals surface area contributed by atoms with Crippen molar-refractivity contribution in [3.63, 3.8) is 0 Å². The van der Waals surface area contributed by atoms with Crippen LogP contribution in [0.3, 0.4) is 0 Å². The monoisotopic (exact) mass is 763 g/mol. The number of nitrogens with one attached hydrogen (secondary N) is 12. The third-order valence-corrected chi connectivity index (χ3v) is 7.54. The van der Waals surface area contributed by atoms with Gasteiger partial charge in [-0.25, -0.2) is 0 Å². The van der Waals surface area contributed by atoms with E-state index < -0.39 is 0 Å². The molecule has 54 heavy (non-hydrogen) atoms. The van der Waals surface area contributed by atoms with Gasteiger partial charge >= 0.3 is 0 Å². The van der Waals surface area contributed by atoms with Crippen LogP contribution in [0, 0.1) is 35.5 Å². The van der Waals surface area contributed by atoms with Gasteiger partial charge in [0, 0.05) is 0 Å². The van der Waals surface area contributed by atoms with Crippen LogP contribution in [0.5, 0.6) is 0 Å². The van der Waals surface area contributed by atoms with Crippen molar-refractivity contribution in [1.29, 1.82) is 0 Å². The second kappa shape index (κ2) is 60.4. The van der Waals surface area contributed by atoms with Gasteiger partial charge in [0.15, 0.2) is 0 Å². The zero-order valence-corrected chi connectivity index (χ0v) is 36.2. The molecular weight excluding hydrogens is 673 g/mol. The Labute approximate surface area is 335 Å². The Morgan fingerprint density at radius 3 is 0.648 bits per heavy atom. The number of rotatable bonds is 36. The Hall–Kier alpha value is -1.80. The molecular formula is C42H90N12. The molecule has 0 atom stereocenters. The highest BCUT2D eigenvalue weighted by Crippen LogP contribution is 1.84. The van der Waals surface area contributed by atoms with E-state index in [1.54, 1.807) is 0 Å². The zero-order chi connectivity index (χ0) is 39.9. The minimum absolute atomic E-state index is 0.794. The lowest BCUT2D eigenvalue weighted by Crippen LogP contribution is -2.23. The summed E-state index contributed by atoms with van der Waals surface area (Å²) in [5.74, 6) is 18.7. The van der Waals surface area contributed by atoms with Crippen molar-refractivity contribution in [1.82, 2.24) is 63.8 Å². The standard InChI is InChI=1S/C16H34N4.C14H30N4.C12H26N4/c1-3-17-11-5-7-13-19-15-9-10-16-20-14-8-6-12-18-4-2;1-3-15-11-7-13-17-9-5-6-10-18-14-8-12-16-4-2;1-13-7-5-11-15-9-3-4-10-16-12-6-8-14-2/h17-20H,3-8,11-16H2,1-2H3;15-18H,3-4,7-14H2,1-2H3;13-16H,5-12H2,1-2H3. The van der Waals surface area contributed by atoms with E-state index >= 15 is 0 Å². The highest BCUT2D eigenvalue weighted by Gasteiger charge is 1.90. The van der Waals surface area contributed by atoms with Crippen LogP contribution in [-0.4, -0.2) is 158 Å². The van der Waals surface area contributed by atoms with E-state index in [2.05, 4.69) is 127 Å². The van der Waals surface area contributed by atoms with E-state index in [1.807, 2.05) is 14.1 Å². The largest absolute Gasteiger partial charge is 0.320 e. The zero-order valence-electron chi connectivity index (χ0n) is 36.2. The molecule has 0 bridgehead atoms. The van der Waals surface area contributed by atoms with Gasteiger partial charge in [0.25, 0.3) is 0 Å². The molecule has 0 aliphatic carbocycles. The molecule has 0 radical (unpaired) electrons. The Balaban J connectivity index is -0.000000727. The molecule has 0 saturated carbocycles. The summed E-state index contributed by atoms with van der Waals surface area (Å²) in [6.45, 7) is 30.4. The van der Waals surface area contributed by atoms with Crippen LogP contribution in [0.4, 0.5) is 0 Å². The molecule has 318 valence electrons. The smallest absolute Gasteiger partial charge is 0.0577 e. The Bertz CT molecular complexity index is 781. The highest BCUT2D eigenvalue weighted by molar-refractivity contribution is 5.03. The van der Waals surface area contributed by atoms with Crippen LogP contribution in [0.1, 0.15) is 79.1 Å². The molecule has 12 nitrogen and oxygen atoms in total. The molecule has 12 heteroatoms. The van der Waals surface area contributed by atoms with Gasteiger partial charge in [-0.15, -0.1) is 0 Å². The predicted octanol–water partition coefficient (Wildman–Crippen LogP) is 0.505. The van der Waals surface area contributed by atoms with Crippen LogP contribution in [0.2, 0.25) is 0 Å². The maximum atomic E-state index is 3.35. The summed E-state index contributed by atoms with van der Waals surface area (Å²) in [7, 11) is 3.94. The van der Waals surface area contributed by atoms with Crippen LogP contribution in [0.15, 0.2) is 0 Å². The van der Waals surface area contributed by atoms with E-state index in [4.69, 9.17) is 0 Å². The lowest BCUT2D eigenvalue weighted by molar-refractivity contribution is 0.609.